The molecule has 0 atom stereocenters. The van der Waals surface area contributed by atoms with Gasteiger partial charge in [-0.2, -0.15) is 0 Å². The number of sulfonamides is 1. The highest BCUT2D eigenvalue weighted by molar-refractivity contribution is 7.89. The molecule has 0 bridgehead atoms. The maximum atomic E-state index is 12.2. The Kier molecular flexibility index (Phi) is 4.19. The maximum Gasteiger partial charge on any atom is 0.248 e. The third-order valence-electron chi connectivity index (χ3n) is 3.41. The molecule has 9 heteroatoms. The number of nitrogens with one attached hydrogen (secondary N) is 1. The summed E-state index contributed by atoms with van der Waals surface area (Å²) in [6.07, 6.45) is 0. The zero-order valence-corrected chi connectivity index (χ0v) is 12.6. The highest BCUT2D eigenvalue weighted by Gasteiger charge is 2.22. The van der Waals surface area contributed by atoms with Crippen LogP contribution in [0.2, 0.25) is 0 Å². The molecule has 2 heterocycles. The van der Waals surface area contributed by atoms with Crippen LogP contribution in [0.3, 0.4) is 0 Å². The van der Waals surface area contributed by atoms with Gasteiger partial charge < -0.3 is 19.1 Å². The monoisotopic (exact) mass is 328 g/mol. The van der Waals surface area contributed by atoms with E-state index < -0.39 is 10.0 Å². The van der Waals surface area contributed by atoms with Gasteiger partial charge in [0.2, 0.25) is 22.7 Å². The number of carbonyl (C=O) groups excluding carboxylic acids is 1. The predicted octanol–water partition coefficient (Wildman–Crippen LogP) is -0.448. The van der Waals surface area contributed by atoms with Gasteiger partial charge in [0.15, 0.2) is 11.5 Å². The minimum atomic E-state index is -3.65. The summed E-state index contributed by atoms with van der Waals surface area (Å²) in [7, 11) is -3.65. The van der Waals surface area contributed by atoms with Crippen LogP contribution < -0.4 is 14.2 Å². The Labute approximate surface area is 128 Å². The minimum Gasteiger partial charge on any atom is -0.454 e. The van der Waals surface area contributed by atoms with Crippen molar-refractivity contribution in [1.29, 1.82) is 0 Å². The zero-order valence-electron chi connectivity index (χ0n) is 11.8. The van der Waals surface area contributed by atoms with Crippen molar-refractivity contribution < 1.29 is 27.4 Å². The molecule has 22 heavy (non-hydrogen) atoms. The summed E-state index contributed by atoms with van der Waals surface area (Å²) in [6, 6.07) is 4.43. The highest BCUT2D eigenvalue weighted by atomic mass is 32.2. The maximum absolute atomic E-state index is 12.2. The fourth-order valence-corrected chi connectivity index (χ4v) is 3.27. The van der Waals surface area contributed by atoms with Crippen molar-refractivity contribution in [2.24, 2.45) is 0 Å². The molecule has 0 radical (unpaired) electrons. The van der Waals surface area contributed by atoms with Crippen molar-refractivity contribution in [2.75, 3.05) is 39.6 Å². The first-order valence-corrected chi connectivity index (χ1v) is 8.29. The molecule has 1 N–H and O–H groups in total. The Morgan fingerprint density at radius 3 is 2.86 bits per heavy atom. The van der Waals surface area contributed by atoms with E-state index in [4.69, 9.17) is 14.2 Å². The standard InChI is InChI=1S/C13H16N2O6S/c16-13-8-19-6-5-15(13)4-3-14-22(17,18)10-1-2-11-12(7-10)21-9-20-11/h1-2,7,14H,3-6,8-9H2. The highest BCUT2D eigenvalue weighted by Crippen LogP contribution is 2.33. The van der Waals surface area contributed by atoms with Crippen molar-refractivity contribution in [3.63, 3.8) is 0 Å². The Balaban J connectivity index is 1.60. The van der Waals surface area contributed by atoms with Gasteiger partial charge in [-0.05, 0) is 12.1 Å². The van der Waals surface area contributed by atoms with Crippen molar-refractivity contribution in [2.45, 2.75) is 4.90 Å². The lowest BCUT2D eigenvalue weighted by Gasteiger charge is -2.26. The summed E-state index contributed by atoms with van der Waals surface area (Å²) >= 11 is 0. The second kappa shape index (κ2) is 6.11. The SMILES string of the molecule is O=C1COCCN1CCNS(=O)(=O)c1ccc2c(c1)OCO2. The van der Waals surface area contributed by atoms with E-state index in [1.807, 2.05) is 0 Å². The van der Waals surface area contributed by atoms with Crippen LogP contribution >= 0.6 is 0 Å². The van der Waals surface area contributed by atoms with E-state index in [9.17, 15) is 13.2 Å². The molecule has 1 saturated heterocycles. The van der Waals surface area contributed by atoms with Gasteiger partial charge >= 0.3 is 0 Å². The predicted molar refractivity (Wildman–Crippen MR) is 75.2 cm³/mol. The van der Waals surface area contributed by atoms with Crippen LogP contribution in [0.4, 0.5) is 0 Å². The Hall–Kier alpha value is -1.84. The van der Waals surface area contributed by atoms with Gasteiger partial charge in [0.05, 0.1) is 11.5 Å². The largest absolute Gasteiger partial charge is 0.454 e. The number of rotatable bonds is 5. The summed E-state index contributed by atoms with van der Waals surface area (Å²) < 4.78 is 42.2. The Morgan fingerprint density at radius 1 is 1.23 bits per heavy atom. The van der Waals surface area contributed by atoms with Crippen LogP contribution in [0.15, 0.2) is 23.1 Å². The van der Waals surface area contributed by atoms with Crippen LogP contribution in [0.1, 0.15) is 0 Å². The van der Waals surface area contributed by atoms with E-state index in [-0.39, 0.29) is 30.7 Å². The zero-order chi connectivity index (χ0) is 15.6. The number of ether oxygens (including phenoxy) is 3. The molecular formula is C13H16N2O6S. The molecule has 1 aromatic rings. The number of hydrogen-bond acceptors (Lipinski definition) is 6. The normalized spacial score (nSPS) is 17.8. The van der Waals surface area contributed by atoms with Crippen molar-refractivity contribution >= 4 is 15.9 Å². The summed E-state index contributed by atoms with van der Waals surface area (Å²) in [4.78, 5) is 13.2. The number of hydrogen-bond donors (Lipinski definition) is 1. The average Bonchev–Trinajstić information content (AvgIpc) is 2.96. The van der Waals surface area contributed by atoms with Gasteiger partial charge in [-0.25, -0.2) is 13.1 Å². The molecule has 8 nitrogen and oxygen atoms in total. The fourth-order valence-electron chi connectivity index (χ4n) is 2.23. The van der Waals surface area contributed by atoms with Gasteiger partial charge in [-0.1, -0.05) is 0 Å². The van der Waals surface area contributed by atoms with Crippen LogP contribution in [0, 0.1) is 0 Å². The first-order valence-electron chi connectivity index (χ1n) is 6.81. The third-order valence-corrected chi connectivity index (χ3v) is 4.87. The second-order valence-electron chi connectivity index (χ2n) is 4.85. The first kappa shape index (κ1) is 15.1. The summed E-state index contributed by atoms with van der Waals surface area (Å²) in [6.45, 7) is 1.54. The summed E-state index contributed by atoms with van der Waals surface area (Å²) in [5.74, 6) is 0.803. The van der Waals surface area contributed by atoms with Crippen LogP contribution in [0.5, 0.6) is 11.5 Å². The summed E-state index contributed by atoms with van der Waals surface area (Å²) in [5.41, 5.74) is 0. The van der Waals surface area contributed by atoms with Gasteiger partial charge in [0, 0.05) is 25.7 Å². The molecule has 1 aromatic carbocycles. The van der Waals surface area contributed by atoms with Gasteiger partial charge in [0.1, 0.15) is 6.61 Å². The minimum absolute atomic E-state index is 0.0505. The molecule has 0 unspecified atom stereocenters. The molecule has 120 valence electrons. The fraction of sp³-hybridized carbons (Fsp3) is 0.462. The number of amides is 1. The number of benzene rings is 1. The average molecular weight is 328 g/mol. The lowest BCUT2D eigenvalue weighted by molar-refractivity contribution is -0.142. The third kappa shape index (κ3) is 3.16. The van der Waals surface area contributed by atoms with E-state index in [0.29, 0.717) is 31.2 Å². The lowest BCUT2D eigenvalue weighted by Crippen LogP contribution is -2.45. The van der Waals surface area contributed by atoms with Crippen LogP contribution in [0.25, 0.3) is 0 Å². The van der Waals surface area contributed by atoms with E-state index in [1.54, 1.807) is 11.0 Å². The van der Waals surface area contributed by atoms with Gasteiger partial charge in [0.25, 0.3) is 0 Å². The number of nitrogens with zero attached hydrogens (tertiary/aromatic N) is 1. The molecular weight excluding hydrogens is 312 g/mol. The number of fused-ring (bicyclic) bond motifs is 1. The molecule has 0 spiro atoms. The topological polar surface area (TPSA) is 94.2 Å². The molecule has 1 fully saturated rings. The Morgan fingerprint density at radius 2 is 2.05 bits per heavy atom. The first-order chi connectivity index (χ1) is 10.6. The second-order valence-corrected chi connectivity index (χ2v) is 6.61. The van der Waals surface area contributed by atoms with Gasteiger partial charge in [-0.3, -0.25) is 4.79 Å². The molecule has 2 aliphatic heterocycles. The molecule has 0 aliphatic carbocycles. The van der Waals surface area contributed by atoms with Crippen molar-refractivity contribution in [1.82, 2.24) is 9.62 Å². The molecule has 2 aliphatic rings. The molecule has 1 amide bonds. The quantitative estimate of drug-likeness (QED) is 0.787. The Bertz CT molecular complexity index is 675. The van der Waals surface area contributed by atoms with Crippen LogP contribution in [-0.4, -0.2) is 58.9 Å². The summed E-state index contributed by atoms with van der Waals surface area (Å²) in [5, 5.41) is 0. The van der Waals surface area contributed by atoms with Crippen LogP contribution in [-0.2, 0) is 19.6 Å². The molecule has 0 aromatic heterocycles. The number of carbonyl (C=O) groups is 1. The van der Waals surface area contributed by atoms with Gasteiger partial charge in [-0.15, -0.1) is 0 Å². The molecule has 0 saturated carbocycles. The van der Waals surface area contributed by atoms with Crippen molar-refractivity contribution in [3.8, 4) is 11.5 Å². The van der Waals surface area contributed by atoms with E-state index in [1.165, 1.54) is 12.1 Å². The lowest BCUT2D eigenvalue weighted by atomic mass is 10.3. The molecule has 3 rings (SSSR count). The number of morpholine rings is 1. The van der Waals surface area contributed by atoms with E-state index in [2.05, 4.69) is 4.72 Å². The van der Waals surface area contributed by atoms with Crippen molar-refractivity contribution in [3.05, 3.63) is 18.2 Å². The van der Waals surface area contributed by atoms with E-state index in [0.717, 1.165) is 0 Å². The smallest absolute Gasteiger partial charge is 0.248 e. The van der Waals surface area contributed by atoms with E-state index >= 15 is 0 Å².